The molecule has 0 unspecified atom stereocenters. The number of rotatable bonds is 17. The zero-order valence-corrected chi connectivity index (χ0v) is 15.2. The van der Waals surface area contributed by atoms with E-state index >= 15 is 0 Å². The number of carboxylic acid groups (broad SMARTS) is 1. The largest absolute Gasteiger partial charge is 0.481 e. The first-order chi connectivity index (χ1) is 12.1. The number of carbonyl (C=O) groups is 3. The van der Waals surface area contributed by atoms with E-state index in [4.69, 9.17) is 14.6 Å². The third kappa shape index (κ3) is 18.5. The number of methoxy groups -OCH3 is 1. The topological polar surface area (TPSA) is 114 Å². The van der Waals surface area contributed by atoms with Gasteiger partial charge in [0.1, 0.15) is 0 Å². The molecule has 0 aliphatic heterocycles. The molecule has 0 saturated carbocycles. The van der Waals surface area contributed by atoms with E-state index in [-0.39, 0.29) is 24.7 Å². The Hall–Kier alpha value is -1.67. The molecular weight excluding hydrogens is 328 g/mol. The van der Waals surface area contributed by atoms with Crippen molar-refractivity contribution in [2.75, 3.05) is 40.0 Å². The summed E-state index contributed by atoms with van der Waals surface area (Å²) >= 11 is 0. The molecule has 146 valence electrons. The molecule has 25 heavy (non-hydrogen) atoms. The van der Waals surface area contributed by atoms with Crippen molar-refractivity contribution in [2.45, 2.75) is 51.4 Å². The molecule has 0 atom stereocenters. The minimum Gasteiger partial charge on any atom is -0.481 e. The molecule has 0 aromatic rings. The number of carbonyl (C=O) groups excluding carboxylic acids is 2. The first-order valence-electron chi connectivity index (χ1n) is 8.88. The lowest BCUT2D eigenvalue weighted by Gasteiger charge is -2.07. The zero-order chi connectivity index (χ0) is 18.8. The Balaban J connectivity index is 3.31. The zero-order valence-electron chi connectivity index (χ0n) is 15.2. The minimum atomic E-state index is -0.902. The fraction of sp³-hybridized carbons (Fsp3) is 0.824. The van der Waals surface area contributed by atoms with Gasteiger partial charge in [-0.2, -0.15) is 0 Å². The Labute approximate surface area is 149 Å². The monoisotopic (exact) mass is 360 g/mol. The highest BCUT2D eigenvalue weighted by atomic mass is 16.5. The summed E-state index contributed by atoms with van der Waals surface area (Å²) in [6.45, 7) is 2.46. The van der Waals surface area contributed by atoms with Crippen LogP contribution in [0, 0.1) is 0 Å². The predicted molar refractivity (Wildman–Crippen MR) is 93.3 cm³/mol. The summed E-state index contributed by atoms with van der Waals surface area (Å²) in [4.78, 5) is 33.2. The van der Waals surface area contributed by atoms with E-state index in [2.05, 4.69) is 10.6 Å². The Morgan fingerprint density at radius 1 is 0.760 bits per heavy atom. The number of amides is 2. The second-order valence-corrected chi connectivity index (χ2v) is 5.72. The number of nitrogens with one attached hydrogen (secondary N) is 2. The van der Waals surface area contributed by atoms with Crippen molar-refractivity contribution in [3.63, 3.8) is 0 Å². The molecular formula is C17H32N2O6. The first kappa shape index (κ1) is 23.3. The maximum absolute atomic E-state index is 11.6. The molecule has 0 aromatic carbocycles. The first-order valence-corrected chi connectivity index (χ1v) is 8.88. The second-order valence-electron chi connectivity index (χ2n) is 5.72. The van der Waals surface area contributed by atoms with Crippen LogP contribution in [0.25, 0.3) is 0 Å². The maximum atomic E-state index is 11.6. The summed E-state index contributed by atoms with van der Waals surface area (Å²) in [5, 5.41) is 14.0. The van der Waals surface area contributed by atoms with Crippen LogP contribution in [-0.2, 0) is 23.9 Å². The van der Waals surface area contributed by atoms with E-state index in [9.17, 15) is 14.4 Å². The SMILES string of the molecule is COCCCCCCNC(=O)CCOCCNC(=O)CCCC(=O)O. The molecule has 0 radical (unpaired) electrons. The third-order valence-electron chi connectivity index (χ3n) is 3.43. The van der Waals surface area contributed by atoms with Gasteiger partial charge in [0.15, 0.2) is 0 Å². The smallest absolute Gasteiger partial charge is 0.303 e. The van der Waals surface area contributed by atoms with Gasteiger partial charge in [-0.15, -0.1) is 0 Å². The number of ether oxygens (including phenoxy) is 2. The number of hydrogen-bond donors (Lipinski definition) is 3. The summed E-state index contributed by atoms with van der Waals surface area (Å²) in [6, 6.07) is 0. The normalized spacial score (nSPS) is 10.4. The Bertz CT molecular complexity index is 376. The molecule has 0 bridgehead atoms. The number of unbranched alkanes of at least 4 members (excludes halogenated alkanes) is 3. The molecule has 8 nitrogen and oxygen atoms in total. The molecule has 0 heterocycles. The fourth-order valence-electron chi connectivity index (χ4n) is 2.06. The van der Waals surface area contributed by atoms with Crippen LogP contribution in [0.3, 0.4) is 0 Å². The van der Waals surface area contributed by atoms with Crippen LogP contribution in [0.15, 0.2) is 0 Å². The quantitative estimate of drug-likeness (QED) is 0.335. The molecule has 0 aliphatic carbocycles. The summed E-state index contributed by atoms with van der Waals surface area (Å²) in [7, 11) is 1.69. The van der Waals surface area contributed by atoms with E-state index in [1.54, 1.807) is 7.11 Å². The lowest BCUT2D eigenvalue weighted by atomic mass is 10.2. The summed E-state index contributed by atoms with van der Waals surface area (Å²) < 4.78 is 10.3. The van der Waals surface area contributed by atoms with E-state index in [0.717, 1.165) is 32.3 Å². The lowest BCUT2D eigenvalue weighted by Crippen LogP contribution is -2.28. The number of aliphatic carboxylic acids is 1. The molecule has 2 amide bonds. The van der Waals surface area contributed by atoms with Crippen LogP contribution >= 0.6 is 0 Å². The molecule has 0 fully saturated rings. The van der Waals surface area contributed by atoms with Crippen LogP contribution in [0.4, 0.5) is 0 Å². The third-order valence-corrected chi connectivity index (χ3v) is 3.43. The highest BCUT2D eigenvalue weighted by molar-refractivity contribution is 5.76. The standard InChI is InChI=1S/C17H32N2O6/c1-24-12-5-3-2-4-10-18-16(21)9-13-25-14-11-19-15(20)7-6-8-17(22)23/h2-14H2,1H3,(H,18,21)(H,19,20)(H,22,23). The van der Waals surface area contributed by atoms with Gasteiger partial charge in [-0.05, 0) is 19.3 Å². The van der Waals surface area contributed by atoms with Crippen molar-refractivity contribution in [2.24, 2.45) is 0 Å². The van der Waals surface area contributed by atoms with E-state index in [1.165, 1.54) is 0 Å². The predicted octanol–water partition coefficient (Wildman–Crippen LogP) is 1.09. The number of hydrogen-bond acceptors (Lipinski definition) is 5. The van der Waals surface area contributed by atoms with Gasteiger partial charge < -0.3 is 25.2 Å². The Kier molecular flexibility index (Phi) is 16.0. The summed E-state index contributed by atoms with van der Waals surface area (Å²) in [5.74, 6) is -1.12. The molecule has 8 heteroatoms. The van der Waals surface area contributed by atoms with Crippen molar-refractivity contribution in [1.29, 1.82) is 0 Å². The van der Waals surface area contributed by atoms with Gasteiger partial charge in [-0.1, -0.05) is 12.8 Å². The van der Waals surface area contributed by atoms with Gasteiger partial charge in [0.2, 0.25) is 11.8 Å². The summed E-state index contributed by atoms with van der Waals surface area (Å²) in [5.41, 5.74) is 0. The van der Waals surface area contributed by atoms with Crippen LogP contribution in [0.2, 0.25) is 0 Å². The average Bonchev–Trinajstić information content (AvgIpc) is 2.56. The minimum absolute atomic E-state index is 0.00775. The number of carboxylic acids is 1. The van der Waals surface area contributed by atoms with Crippen molar-refractivity contribution >= 4 is 17.8 Å². The van der Waals surface area contributed by atoms with Crippen LogP contribution in [0.1, 0.15) is 51.4 Å². The Morgan fingerprint density at radius 2 is 1.44 bits per heavy atom. The van der Waals surface area contributed by atoms with Crippen molar-refractivity contribution in [3.05, 3.63) is 0 Å². The van der Waals surface area contributed by atoms with Gasteiger partial charge in [-0.25, -0.2) is 0 Å². The van der Waals surface area contributed by atoms with Crippen LogP contribution in [-0.4, -0.2) is 62.9 Å². The highest BCUT2D eigenvalue weighted by Crippen LogP contribution is 1.99. The van der Waals surface area contributed by atoms with E-state index in [1.807, 2.05) is 0 Å². The second kappa shape index (κ2) is 17.2. The molecule has 0 spiro atoms. The Morgan fingerprint density at radius 3 is 2.16 bits per heavy atom. The van der Waals surface area contributed by atoms with Gasteiger partial charge >= 0.3 is 5.97 Å². The van der Waals surface area contributed by atoms with Crippen LogP contribution < -0.4 is 10.6 Å². The average molecular weight is 360 g/mol. The lowest BCUT2D eigenvalue weighted by molar-refractivity contribution is -0.137. The molecule has 3 N–H and O–H groups in total. The van der Waals surface area contributed by atoms with E-state index < -0.39 is 5.97 Å². The van der Waals surface area contributed by atoms with Gasteiger partial charge in [0.25, 0.3) is 0 Å². The van der Waals surface area contributed by atoms with Gasteiger partial charge in [0, 0.05) is 46.1 Å². The van der Waals surface area contributed by atoms with Crippen molar-refractivity contribution < 1.29 is 29.0 Å². The maximum Gasteiger partial charge on any atom is 0.303 e. The van der Waals surface area contributed by atoms with Crippen molar-refractivity contribution in [1.82, 2.24) is 10.6 Å². The van der Waals surface area contributed by atoms with Gasteiger partial charge in [0.05, 0.1) is 13.2 Å². The highest BCUT2D eigenvalue weighted by Gasteiger charge is 2.04. The van der Waals surface area contributed by atoms with Crippen LogP contribution in [0.5, 0.6) is 0 Å². The summed E-state index contributed by atoms with van der Waals surface area (Å²) in [6.07, 6.45) is 5.01. The molecule has 0 saturated heterocycles. The molecule has 0 aliphatic rings. The molecule has 0 rings (SSSR count). The molecule has 0 aromatic heterocycles. The van der Waals surface area contributed by atoms with Gasteiger partial charge in [-0.3, -0.25) is 14.4 Å². The fourth-order valence-corrected chi connectivity index (χ4v) is 2.06. The van der Waals surface area contributed by atoms with Crippen molar-refractivity contribution in [3.8, 4) is 0 Å². The van der Waals surface area contributed by atoms with E-state index in [0.29, 0.717) is 39.1 Å².